The summed E-state index contributed by atoms with van der Waals surface area (Å²) in [6.07, 6.45) is 2.95. The number of aliphatic hydroxyl groups excluding tert-OH is 4. The minimum Gasteiger partial charge on any atom is -0.516 e. The highest BCUT2D eigenvalue weighted by Crippen LogP contribution is 2.10. The summed E-state index contributed by atoms with van der Waals surface area (Å²) in [7, 11) is 0. The Hall–Kier alpha value is -0.580. The average molecular weight is 192 g/mol. The maximum atomic E-state index is 8.43. The van der Waals surface area contributed by atoms with Crippen LogP contribution in [-0.4, -0.2) is 40.2 Å². The van der Waals surface area contributed by atoms with Gasteiger partial charge in [0, 0.05) is 12.0 Å². The first kappa shape index (κ1) is 14.9. The van der Waals surface area contributed by atoms with E-state index in [1.165, 1.54) is 6.08 Å². The van der Waals surface area contributed by atoms with Crippen LogP contribution in [0.25, 0.3) is 0 Å². The van der Waals surface area contributed by atoms with E-state index >= 15 is 0 Å². The largest absolute Gasteiger partial charge is 0.516 e. The molecule has 0 aromatic rings. The van der Waals surface area contributed by atoms with Crippen LogP contribution in [0.5, 0.6) is 0 Å². The standard InChI is InChI=1S/C5H12O2.C4H8O2/c1-5(2,3-6)4-7;5-3-1-2-4-6/h6-7H,3-4H2,1-2H3;1,3,5-6H,2,4H2. The molecule has 0 aliphatic heterocycles. The quantitative estimate of drug-likeness (QED) is 0.487. The summed E-state index contributed by atoms with van der Waals surface area (Å²) in [5.41, 5.74) is -0.306. The van der Waals surface area contributed by atoms with Gasteiger partial charge < -0.3 is 20.4 Å². The zero-order valence-corrected chi connectivity index (χ0v) is 8.27. The van der Waals surface area contributed by atoms with Crippen molar-refractivity contribution in [3.05, 3.63) is 12.3 Å². The van der Waals surface area contributed by atoms with Crippen molar-refractivity contribution < 1.29 is 20.4 Å². The van der Waals surface area contributed by atoms with Gasteiger partial charge in [0.05, 0.1) is 19.5 Å². The molecule has 0 bridgehead atoms. The van der Waals surface area contributed by atoms with E-state index in [-0.39, 0.29) is 25.2 Å². The summed E-state index contributed by atoms with van der Waals surface area (Å²) in [5.74, 6) is 0. The number of rotatable bonds is 4. The molecule has 0 rings (SSSR count). The maximum absolute atomic E-state index is 8.43. The second-order valence-electron chi connectivity index (χ2n) is 3.38. The average Bonchev–Trinajstić information content (AvgIpc) is 2.16. The lowest BCUT2D eigenvalue weighted by Gasteiger charge is -2.16. The van der Waals surface area contributed by atoms with Gasteiger partial charge in [-0.3, -0.25) is 0 Å². The molecule has 0 saturated carbocycles. The molecule has 0 heterocycles. The molecule has 0 unspecified atom stereocenters. The van der Waals surface area contributed by atoms with Gasteiger partial charge in [0.15, 0.2) is 0 Å². The molecule has 80 valence electrons. The Bertz CT molecular complexity index is 115. The number of aliphatic hydroxyl groups is 4. The third-order valence-corrected chi connectivity index (χ3v) is 1.26. The van der Waals surface area contributed by atoms with Crippen LogP contribution < -0.4 is 0 Å². The van der Waals surface area contributed by atoms with Crippen molar-refractivity contribution in [2.45, 2.75) is 20.3 Å². The van der Waals surface area contributed by atoms with Crippen LogP contribution in [0.2, 0.25) is 0 Å². The van der Waals surface area contributed by atoms with E-state index in [0.29, 0.717) is 6.42 Å². The Morgan fingerprint density at radius 2 is 1.54 bits per heavy atom. The fraction of sp³-hybridized carbons (Fsp3) is 0.778. The third kappa shape index (κ3) is 14.3. The Balaban J connectivity index is 0. The van der Waals surface area contributed by atoms with Crippen LogP contribution in [0.3, 0.4) is 0 Å². The van der Waals surface area contributed by atoms with E-state index in [1.54, 1.807) is 13.8 Å². The number of hydrogen-bond acceptors (Lipinski definition) is 4. The lowest BCUT2D eigenvalue weighted by Crippen LogP contribution is -2.20. The summed E-state index contributed by atoms with van der Waals surface area (Å²) in [6, 6.07) is 0. The maximum Gasteiger partial charge on any atom is 0.0752 e. The summed E-state index contributed by atoms with van der Waals surface area (Å²) >= 11 is 0. The van der Waals surface area contributed by atoms with Crippen LogP contribution in [0.1, 0.15) is 20.3 Å². The summed E-state index contributed by atoms with van der Waals surface area (Å²) in [5, 5.41) is 32.8. The Kier molecular flexibility index (Phi) is 10.9. The Morgan fingerprint density at radius 3 is 1.62 bits per heavy atom. The molecule has 0 aliphatic rings. The van der Waals surface area contributed by atoms with Gasteiger partial charge in [-0.05, 0) is 12.5 Å². The van der Waals surface area contributed by atoms with E-state index in [0.717, 1.165) is 6.26 Å². The molecule has 0 saturated heterocycles. The van der Waals surface area contributed by atoms with E-state index in [9.17, 15) is 0 Å². The summed E-state index contributed by atoms with van der Waals surface area (Å²) < 4.78 is 0. The van der Waals surface area contributed by atoms with Gasteiger partial charge in [0.1, 0.15) is 0 Å². The van der Waals surface area contributed by atoms with Crippen LogP contribution in [0, 0.1) is 5.41 Å². The molecule has 13 heavy (non-hydrogen) atoms. The second kappa shape index (κ2) is 9.51. The smallest absolute Gasteiger partial charge is 0.0752 e. The third-order valence-electron chi connectivity index (χ3n) is 1.26. The van der Waals surface area contributed by atoms with Crippen LogP contribution >= 0.6 is 0 Å². The molecule has 4 heteroatoms. The minimum atomic E-state index is -0.306. The molecule has 0 amide bonds. The van der Waals surface area contributed by atoms with E-state index in [2.05, 4.69) is 0 Å². The van der Waals surface area contributed by atoms with Crippen molar-refractivity contribution in [1.29, 1.82) is 0 Å². The predicted octanol–water partition coefficient (Wildman–Crippen LogP) is 0.438. The Labute approximate surface area is 79.2 Å². The molecule has 0 spiro atoms. The van der Waals surface area contributed by atoms with Crippen molar-refractivity contribution in [1.82, 2.24) is 0 Å². The highest BCUT2D eigenvalue weighted by atomic mass is 16.3. The minimum absolute atomic E-state index is 0.0451. The lowest BCUT2D eigenvalue weighted by molar-refractivity contribution is 0.0857. The molecular formula is C9H20O4. The Morgan fingerprint density at radius 1 is 1.08 bits per heavy atom. The highest BCUT2D eigenvalue weighted by Gasteiger charge is 2.13. The first-order chi connectivity index (χ1) is 6.04. The molecule has 0 fully saturated rings. The first-order valence-corrected chi connectivity index (χ1v) is 4.16. The van der Waals surface area contributed by atoms with Gasteiger partial charge in [-0.1, -0.05) is 13.8 Å². The molecular weight excluding hydrogens is 172 g/mol. The first-order valence-electron chi connectivity index (χ1n) is 4.16. The molecule has 0 aromatic carbocycles. The SMILES string of the molecule is CC(C)(CO)CO.OC=CCCO. The summed E-state index contributed by atoms with van der Waals surface area (Å²) in [4.78, 5) is 0. The predicted molar refractivity (Wildman–Crippen MR) is 51.4 cm³/mol. The van der Waals surface area contributed by atoms with Gasteiger partial charge in [-0.15, -0.1) is 0 Å². The normalized spacial score (nSPS) is 11.2. The zero-order chi connectivity index (χ0) is 10.7. The number of hydrogen-bond donors (Lipinski definition) is 4. The van der Waals surface area contributed by atoms with Gasteiger partial charge in [0.25, 0.3) is 0 Å². The van der Waals surface area contributed by atoms with Crippen molar-refractivity contribution >= 4 is 0 Å². The monoisotopic (exact) mass is 192 g/mol. The van der Waals surface area contributed by atoms with Gasteiger partial charge in [0.2, 0.25) is 0 Å². The molecule has 0 atom stereocenters. The van der Waals surface area contributed by atoms with Crippen molar-refractivity contribution in [2.75, 3.05) is 19.8 Å². The summed E-state index contributed by atoms with van der Waals surface area (Å²) in [6.45, 7) is 3.80. The van der Waals surface area contributed by atoms with E-state index in [1.807, 2.05) is 0 Å². The molecule has 4 N–H and O–H groups in total. The molecule has 0 aliphatic carbocycles. The van der Waals surface area contributed by atoms with Crippen LogP contribution in [0.15, 0.2) is 12.3 Å². The molecule has 4 nitrogen and oxygen atoms in total. The van der Waals surface area contributed by atoms with Gasteiger partial charge in [-0.25, -0.2) is 0 Å². The second-order valence-corrected chi connectivity index (χ2v) is 3.38. The zero-order valence-electron chi connectivity index (χ0n) is 8.27. The molecule has 0 radical (unpaired) electrons. The molecule has 0 aromatic heterocycles. The highest BCUT2D eigenvalue weighted by molar-refractivity contribution is 4.69. The van der Waals surface area contributed by atoms with E-state index in [4.69, 9.17) is 20.4 Å². The fourth-order valence-corrected chi connectivity index (χ4v) is 0.199. The topological polar surface area (TPSA) is 80.9 Å². The van der Waals surface area contributed by atoms with Gasteiger partial charge in [-0.2, -0.15) is 0 Å². The lowest BCUT2D eigenvalue weighted by atomic mass is 9.97. The van der Waals surface area contributed by atoms with Crippen molar-refractivity contribution in [2.24, 2.45) is 5.41 Å². The van der Waals surface area contributed by atoms with Crippen LogP contribution in [0.4, 0.5) is 0 Å². The fourth-order valence-electron chi connectivity index (χ4n) is 0.199. The van der Waals surface area contributed by atoms with Crippen molar-refractivity contribution in [3.8, 4) is 0 Å². The van der Waals surface area contributed by atoms with Crippen molar-refractivity contribution in [3.63, 3.8) is 0 Å². The van der Waals surface area contributed by atoms with Gasteiger partial charge >= 0.3 is 0 Å². The van der Waals surface area contributed by atoms with E-state index < -0.39 is 0 Å². The van der Waals surface area contributed by atoms with Crippen LogP contribution in [-0.2, 0) is 0 Å².